The van der Waals surface area contributed by atoms with Crippen LogP contribution in [0.1, 0.15) is 49.4 Å². The lowest BCUT2D eigenvalue weighted by Crippen LogP contribution is -2.37. The van der Waals surface area contributed by atoms with Gasteiger partial charge in [-0.1, -0.05) is 18.4 Å². The fourth-order valence-corrected chi connectivity index (χ4v) is 4.28. The van der Waals surface area contributed by atoms with Crippen molar-refractivity contribution in [3.05, 3.63) is 35.4 Å². The van der Waals surface area contributed by atoms with Crippen LogP contribution in [-0.2, 0) is 4.79 Å². The van der Waals surface area contributed by atoms with Crippen LogP contribution in [0, 0.1) is 5.92 Å². The molecule has 1 saturated heterocycles. The predicted octanol–water partition coefficient (Wildman–Crippen LogP) is 3.51. The topological polar surface area (TPSA) is 59.1 Å². The van der Waals surface area contributed by atoms with Crippen LogP contribution in [-0.4, -0.2) is 62.0 Å². The molecule has 0 N–H and O–H groups in total. The first kappa shape index (κ1) is 21.2. The molecule has 1 aromatic rings. The SMILES string of the molecule is COc1ccc(C(=O)N2CCCN(C(=O)/C=C(\C)C3CCCC3)CC2)cc1OC. The van der Waals surface area contributed by atoms with Gasteiger partial charge in [0, 0.05) is 37.8 Å². The number of hydrogen-bond acceptors (Lipinski definition) is 4. The van der Waals surface area contributed by atoms with Gasteiger partial charge in [-0.05, 0) is 50.3 Å². The second kappa shape index (κ2) is 9.81. The minimum absolute atomic E-state index is 0.0436. The van der Waals surface area contributed by atoms with Crippen molar-refractivity contribution in [3.8, 4) is 11.5 Å². The quantitative estimate of drug-likeness (QED) is 0.710. The second-order valence-corrected chi connectivity index (χ2v) is 7.91. The van der Waals surface area contributed by atoms with Gasteiger partial charge in [0.15, 0.2) is 11.5 Å². The van der Waals surface area contributed by atoms with E-state index < -0.39 is 0 Å². The van der Waals surface area contributed by atoms with Crippen LogP contribution < -0.4 is 9.47 Å². The van der Waals surface area contributed by atoms with Crippen molar-refractivity contribution in [1.29, 1.82) is 0 Å². The summed E-state index contributed by atoms with van der Waals surface area (Å²) in [4.78, 5) is 29.4. The number of ether oxygens (including phenoxy) is 2. The van der Waals surface area contributed by atoms with Gasteiger partial charge < -0.3 is 19.3 Å². The lowest BCUT2D eigenvalue weighted by Gasteiger charge is -2.22. The molecule has 0 unspecified atom stereocenters. The molecule has 0 bridgehead atoms. The van der Waals surface area contributed by atoms with E-state index in [-0.39, 0.29) is 11.8 Å². The molecule has 2 aliphatic rings. The van der Waals surface area contributed by atoms with Gasteiger partial charge in [-0.2, -0.15) is 0 Å². The van der Waals surface area contributed by atoms with Crippen molar-refractivity contribution in [2.75, 3.05) is 40.4 Å². The summed E-state index contributed by atoms with van der Waals surface area (Å²) in [6.45, 7) is 4.51. The van der Waals surface area contributed by atoms with Crippen LogP contribution >= 0.6 is 0 Å². The monoisotopic (exact) mass is 400 g/mol. The largest absolute Gasteiger partial charge is 0.493 e. The molecule has 6 nitrogen and oxygen atoms in total. The number of carbonyl (C=O) groups excluding carboxylic acids is 2. The third-order valence-corrected chi connectivity index (χ3v) is 6.08. The van der Waals surface area contributed by atoms with Gasteiger partial charge in [-0.25, -0.2) is 0 Å². The molecule has 0 atom stereocenters. The van der Waals surface area contributed by atoms with Crippen molar-refractivity contribution < 1.29 is 19.1 Å². The third kappa shape index (κ3) is 5.11. The Bertz CT molecular complexity index is 768. The first-order valence-electron chi connectivity index (χ1n) is 10.5. The summed E-state index contributed by atoms with van der Waals surface area (Å²) in [6.07, 6.45) is 7.53. The first-order chi connectivity index (χ1) is 14.0. The molecule has 1 aliphatic carbocycles. The van der Waals surface area contributed by atoms with Crippen molar-refractivity contribution in [1.82, 2.24) is 9.80 Å². The summed E-state index contributed by atoms with van der Waals surface area (Å²) in [7, 11) is 3.13. The van der Waals surface area contributed by atoms with E-state index in [1.807, 2.05) is 15.9 Å². The molecule has 2 fully saturated rings. The number of benzene rings is 1. The summed E-state index contributed by atoms with van der Waals surface area (Å²) < 4.78 is 10.6. The Morgan fingerprint density at radius 3 is 2.28 bits per heavy atom. The zero-order valence-electron chi connectivity index (χ0n) is 17.8. The normalized spacial score (nSPS) is 18.5. The molecule has 0 radical (unpaired) electrons. The number of carbonyl (C=O) groups is 2. The maximum absolute atomic E-state index is 13.0. The Hall–Kier alpha value is -2.50. The smallest absolute Gasteiger partial charge is 0.254 e. The average molecular weight is 401 g/mol. The average Bonchev–Trinajstić information content (AvgIpc) is 3.17. The van der Waals surface area contributed by atoms with Gasteiger partial charge in [0.25, 0.3) is 5.91 Å². The van der Waals surface area contributed by atoms with E-state index in [0.29, 0.717) is 49.2 Å². The molecule has 1 saturated carbocycles. The lowest BCUT2D eigenvalue weighted by molar-refractivity contribution is -0.126. The summed E-state index contributed by atoms with van der Waals surface area (Å²) in [6, 6.07) is 5.21. The Balaban J connectivity index is 1.62. The molecule has 0 spiro atoms. The molecule has 3 rings (SSSR count). The second-order valence-electron chi connectivity index (χ2n) is 7.91. The van der Waals surface area contributed by atoms with E-state index in [4.69, 9.17) is 9.47 Å². The van der Waals surface area contributed by atoms with E-state index >= 15 is 0 Å². The summed E-state index contributed by atoms with van der Waals surface area (Å²) in [5.74, 6) is 1.74. The number of methoxy groups -OCH3 is 2. The zero-order chi connectivity index (χ0) is 20.8. The summed E-state index contributed by atoms with van der Waals surface area (Å²) in [5, 5.41) is 0. The minimum atomic E-state index is -0.0436. The van der Waals surface area contributed by atoms with Gasteiger partial charge in [-0.3, -0.25) is 9.59 Å². The van der Waals surface area contributed by atoms with E-state index in [9.17, 15) is 9.59 Å². The van der Waals surface area contributed by atoms with Crippen LogP contribution in [0.25, 0.3) is 0 Å². The van der Waals surface area contributed by atoms with Gasteiger partial charge in [0.1, 0.15) is 0 Å². The van der Waals surface area contributed by atoms with E-state index in [2.05, 4.69) is 6.92 Å². The Labute approximate surface area is 173 Å². The van der Waals surface area contributed by atoms with Crippen LogP contribution in [0.15, 0.2) is 29.8 Å². The molecule has 2 amide bonds. The van der Waals surface area contributed by atoms with Crippen LogP contribution in [0.2, 0.25) is 0 Å². The maximum atomic E-state index is 13.0. The fourth-order valence-electron chi connectivity index (χ4n) is 4.28. The number of hydrogen-bond donors (Lipinski definition) is 0. The highest BCUT2D eigenvalue weighted by Gasteiger charge is 2.24. The molecular formula is C23H32N2O4. The number of allylic oxidation sites excluding steroid dienone is 1. The Morgan fingerprint density at radius 2 is 1.59 bits per heavy atom. The fraction of sp³-hybridized carbons (Fsp3) is 0.565. The Kier molecular flexibility index (Phi) is 7.18. The highest BCUT2D eigenvalue weighted by atomic mass is 16.5. The van der Waals surface area contributed by atoms with Crippen LogP contribution in [0.4, 0.5) is 0 Å². The van der Waals surface area contributed by atoms with Crippen molar-refractivity contribution >= 4 is 11.8 Å². The van der Waals surface area contributed by atoms with Crippen molar-refractivity contribution in [3.63, 3.8) is 0 Å². The van der Waals surface area contributed by atoms with Gasteiger partial charge in [-0.15, -0.1) is 0 Å². The summed E-state index contributed by atoms with van der Waals surface area (Å²) in [5.41, 5.74) is 1.77. The van der Waals surface area contributed by atoms with Crippen LogP contribution in [0.5, 0.6) is 11.5 Å². The molecule has 1 aliphatic heterocycles. The molecular weight excluding hydrogens is 368 g/mol. The van der Waals surface area contributed by atoms with Gasteiger partial charge in [0.2, 0.25) is 5.91 Å². The third-order valence-electron chi connectivity index (χ3n) is 6.08. The Morgan fingerprint density at radius 1 is 0.931 bits per heavy atom. The molecule has 6 heteroatoms. The molecule has 29 heavy (non-hydrogen) atoms. The summed E-state index contributed by atoms with van der Waals surface area (Å²) >= 11 is 0. The van der Waals surface area contributed by atoms with E-state index in [1.165, 1.54) is 31.3 Å². The molecule has 1 heterocycles. The van der Waals surface area contributed by atoms with E-state index in [0.717, 1.165) is 6.42 Å². The van der Waals surface area contributed by atoms with E-state index in [1.54, 1.807) is 32.4 Å². The molecule has 1 aromatic carbocycles. The van der Waals surface area contributed by atoms with Crippen molar-refractivity contribution in [2.45, 2.75) is 39.0 Å². The predicted molar refractivity (Wildman–Crippen MR) is 112 cm³/mol. The highest BCUT2D eigenvalue weighted by molar-refractivity contribution is 5.95. The van der Waals surface area contributed by atoms with Gasteiger partial charge >= 0.3 is 0 Å². The lowest BCUT2D eigenvalue weighted by atomic mass is 9.98. The number of nitrogens with zero attached hydrogens (tertiary/aromatic N) is 2. The van der Waals surface area contributed by atoms with Gasteiger partial charge in [0.05, 0.1) is 14.2 Å². The number of rotatable bonds is 5. The number of amides is 2. The standard InChI is InChI=1S/C23H32N2O4/c1-17(18-7-4-5-8-18)15-22(26)24-11-6-12-25(14-13-24)23(27)19-9-10-20(28-2)21(16-19)29-3/h9-10,15-16,18H,4-8,11-14H2,1-3H3/b17-15+. The highest BCUT2D eigenvalue weighted by Crippen LogP contribution is 2.31. The maximum Gasteiger partial charge on any atom is 0.254 e. The zero-order valence-corrected chi connectivity index (χ0v) is 17.8. The van der Waals surface area contributed by atoms with Crippen LogP contribution in [0.3, 0.4) is 0 Å². The van der Waals surface area contributed by atoms with Crippen molar-refractivity contribution in [2.24, 2.45) is 5.92 Å². The molecule has 158 valence electrons. The minimum Gasteiger partial charge on any atom is -0.493 e. The first-order valence-corrected chi connectivity index (χ1v) is 10.5. The molecule has 0 aromatic heterocycles.